The lowest BCUT2D eigenvalue weighted by atomic mass is 10.0. The van der Waals surface area contributed by atoms with Crippen molar-refractivity contribution in [3.63, 3.8) is 0 Å². The monoisotopic (exact) mass is 715 g/mol. The average Bonchev–Trinajstić information content (AvgIpc) is 3.11. The number of carbonyl (C=O) groups is 3. The zero-order valence-electron chi connectivity index (χ0n) is 32.7. The van der Waals surface area contributed by atoms with Crippen LogP contribution in [0.1, 0.15) is 181 Å². The molecule has 0 fully saturated rings. The van der Waals surface area contributed by atoms with Crippen LogP contribution in [0.5, 0.6) is 0 Å². The van der Waals surface area contributed by atoms with Crippen molar-refractivity contribution in [3.8, 4) is 0 Å². The maximum absolute atomic E-state index is 12.7. The first-order valence-electron chi connectivity index (χ1n) is 20.6. The summed E-state index contributed by atoms with van der Waals surface area (Å²) < 4.78 is 26.1. The van der Waals surface area contributed by atoms with Crippen LogP contribution in [-0.4, -0.2) is 77.5 Å². The Labute approximate surface area is 306 Å². The van der Waals surface area contributed by atoms with Gasteiger partial charge in [0.1, 0.15) is 12.6 Å². The third-order valence-electron chi connectivity index (χ3n) is 8.89. The second-order valence-electron chi connectivity index (χ2n) is 13.6. The number of hydrogen-bond donors (Lipinski definition) is 2. The van der Waals surface area contributed by atoms with Crippen molar-refractivity contribution in [2.45, 2.75) is 187 Å². The molecule has 0 aliphatic carbocycles. The summed E-state index contributed by atoms with van der Waals surface area (Å²) in [5.41, 5.74) is 0. The largest absolute Gasteiger partial charge is 0.462 e. The first kappa shape index (κ1) is 47.9. The maximum Gasteiger partial charge on any atom is 0.407 e. The molecule has 50 heavy (non-hydrogen) atoms. The summed E-state index contributed by atoms with van der Waals surface area (Å²) in [5, 5.41) is 5.11. The van der Waals surface area contributed by atoms with E-state index in [1.807, 2.05) is 0 Å². The van der Waals surface area contributed by atoms with Crippen molar-refractivity contribution >= 4 is 18.2 Å². The zero-order valence-corrected chi connectivity index (χ0v) is 32.7. The van der Waals surface area contributed by atoms with E-state index in [-0.39, 0.29) is 26.4 Å². The number of carbonyl (C=O) groups excluding carboxylic acids is 3. The Kier molecular flexibility index (Phi) is 38.1. The highest BCUT2D eigenvalue weighted by molar-refractivity contribution is 5.82. The van der Waals surface area contributed by atoms with Gasteiger partial charge in [-0.1, -0.05) is 168 Å². The summed E-state index contributed by atoms with van der Waals surface area (Å²) in [6.45, 7) is 5.94. The molecule has 0 saturated heterocycles. The van der Waals surface area contributed by atoms with Crippen LogP contribution in [0.3, 0.4) is 0 Å². The fourth-order valence-electron chi connectivity index (χ4n) is 5.73. The van der Waals surface area contributed by atoms with Crippen LogP contribution in [-0.2, 0) is 28.5 Å². The molecule has 0 radical (unpaired) electrons. The molecule has 0 aromatic rings. The summed E-state index contributed by atoms with van der Waals surface area (Å²) in [6, 6.07) is -1.11. The number of amides is 2. The van der Waals surface area contributed by atoms with Crippen LogP contribution in [0, 0.1) is 0 Å². The molecule has 2 N–H and O–H groups in total. The molecule has 0 bridgehead atoms. The van der Waals surface area contributed by atoms with Gasteiger partial charge in [-0.15, -0.1) is 0 Å². The molecular formula is C40H78N2O8. The Hall–Kier alpha value is -2.07. The predicted octanol–water partition coefficient (Wildman–Crippen LogP) is 10.2. The number of rotatable bonds is 38. The van der Waals surface area contributed by atoms with Gasteiger partial charge in [0.2, 0.25) is 0 Å². The number of esters is 1. The summed E-state index contributed by atoms with van der Waals surface area (Å²) in [5.74, 6) is -0.685. The Bertz CT molecular complexity index is 755. The van der Waals surface area contributed by atoms with E-state index in [0.717, 1.165) is 38.5 Å². The van der Waals surface area contributed by atoms with E-state index in [2.05, 4.69) is 24.5 Å². The van der Waals surface area contributed by atoms with Crippen LogP contribution >= 0.6 is 0 Å². The van der Waals surface area contributed by atoms with Crippen molar-refractivity contribution in [1.82, 2.24) is 10.6 Å². The van der Waals surface area contributed by atoms with E-state index in [9.17, 15) is 14.4 Å². The second kappa shape index (κ2) is 39.7. The fraction of sp³-hybridized carbons (Fsp3) is 0.925. The Morgan fingerprint density at radius 1 is 0.440 bits per heavy atom. The van der Waals surface area contributed by atoms with E-state index in [1.54, 1.807) is 7.11 Å². The lowest BCUT2D eigenvalue weighted by molar-refractivity contribution is -0.147. The molecule has 0 rings (SSSR count). The third kappa shape index (κ3) is 35.7. The molecule has 0 aliphatic rings. The molecule has 2 amide bonds. The number of unbranched alkanes of at least 4 members (excludes halogenated alkanes) is 24. The van der Waals surface area contributed by atoms with Gasteiger partial charge in [0.05, 0.1) is 39.6 Å². The van der Waals surface area contributed by atoms with Crippen molar-refractivity contribution < 1.29 is 38.1 Å². The molecule has 1 unspecified atom stereocenters. The standard InChI is InChI=1S/C40H78N2O8/c1-4-6-8-10-12-14-16-18-19-21-23-25-27-29-31-50-40(45)42-37(38(43)48-35-34-47-33-32-46-3)36-41-39(44)49-30-28-26-24-22-20-17-15-13-11-9-7-5-2/h37H,4-36H2,1-3H3,(H,41,44)(H,42,45). The van der Waals surface area contributed by atoms with Gasteiger partial charge in [0.15, 0.2) is 0 Å². The molecular weight excluding hydrogens is 636 g/mol. The molecule has 0 aromatic heterocycles. The quantitative estimate of drug-likeness (QED) is 0.0368. The highest BCUT2D eigenvalue weighted by Crippen LogP contribution is 2.14. The smallest absolute Gasteiger partial charge is 0.407 e. The van der Waals surface area contributed by atoms with Gasteiger partial charge in [0.25, 0.3) is 0 Å². The van der Waals surface area contributed by atoms with Crippen molar-refractivity contribution in [3.05, 3.63) is 0 Å². The Morgan fingerprint density at radius 2 is 0.820 bits per heavy atom. The van der Waals surface area contributed by atoms with Crippen LogP contribution in [0.25, 0.3) is 0 Å². The number of ether oxygens (including phenoxy) is 5. The number of methoxy groups -OCH3 is 1. The van der Waals surface area contributed by atoms with Crippen molar-refractivity contribution in [2.24, 2.45) is 0 Å². The first-order chi connectivity index (χ1) is 24.5. The average molecular weight is 715 g/mol. The minimum absolute atomic E-state index is 0.0121. The molecule has 0 spiro atoms. The van der Waals surface area contributed by atoms with E-state index < -0.39 is 24.2 Å². The second-order valence-corrected chi connectivity index (χ2v) is 13.6. The summed E-state index contributed by atoms with van der Waals surface area (Å²) in [4.78, 5) is 37.5. The minimum atomic E-state index is -1.11. The van der Waals surface area contributed by atoms with Crippen molar-refractivity contribution in [1.29, 1.82) is 0 Å². The molecule has 10 nitrogen and oxygen atoms in total. The van der Waals surface area contributed by atoms with Crippen molar-refractivity contribution in [2.75, 3.05) is 53.3 Å². The third-order valence-corrected chi connectivity index (χ3v) is 8.89. The Morgan fingerprint density at radius 3 is 1.24 bits per heavy atom. The zero-order chi connectivity index (χ0) is 36.6. The van der Waals surface area contributed by atoms with Gasteiger partial charge in [-0.05, 0) is 12.8 Å². The maximum atomic E-state index is 12.7. The molecule has 0 saturated carbocycles. The van der Waals surface area contributed by atoms with Gasteiger partial charge in [-0.2, -0.15) is 0 Å². The van der Waals surface area contributed by atoms with E-state index in [1.165, 1.54) is 128 Å². The lowest BCUT2D eigenvalue weighted by Gasteiger charge is -2.18. The van der Waals surface area contributed by atoms with E-state index in [0.29, 0.717) is 19.8 Å². The Balaban J connectivity index is 4.16. The minimum Gasteiger partial charge on any atom is -0.462 e. The SMILES string of the molecule is CCCCCCCCCCCCCCCCOC(=O)NC(CNC(=O)OCCCCCCCCCCCCCC)C(=O)OCCOCCOC. The molecule has 0 aliphatic heterocycles. The first-order valence-corrected chi connectivity index (χ1v) is 20.6. The highest BCUT2D eigenvalue weighted by Gasteiger charge is 2.24. The molecule has 10 heteroatoms. The normalized spacial score (nSPS) is 11.7. The topological polar surface area (TPSA) is 121 Å². The number of alkyl carbamates (subject to hydrolysis) is 2. The van der Waals surface area contributed by atoms with E-state index >= 15 is 0 Å². The van der Waals surface area contributed by atoms with Gasteiger partial charge in [0, 0.05) is 7.11 Å². The number of nitrogens with one attached hydrogen (secondary N) is 2. The van der Waals surface area contributed by atoms with Crippen LogP contribution in [0.15, 0.2) is 0 Å². The predicted molar refractivity (Wildman–Crippen MR) is 203 cm³/mol. The molecule has 1 atom stereocenters. The van der Waals surface area contributed by atoms with Crippen LogP contribution in [0.4, 0.5) is 9.59 Å². The van der Waals surface area contributed by atoms with Crippen LogP contribution < -0.4 is 10.6 Å². The van der Waals surface area contributed by atoms with Gasteiger partial charge in [-0.3, -0.25) is 0 Å². The fourth-order valence-corrected chi connectivity index (χ4v) is 5.73. The summed E-state index contributed by atoms with van der Waals surface area (Å²) in [7, 11) is 1.58. The lowest BCUT2D eigenvalue weighted by Crippen LogP contribution is -2.49. The summed E-state index contributed by atoms with van der Waals surface area (Å²) >= 11 is 0. The molecule has 0 aromatic carbocycles. The molecule has 0 heterocycles. The molecule has 296 valence electrons. The van der Waals surface area contributed by atoms with Gasteiger partial charge in [-0.25, -0.2) is 14.4 Å². The van der Waals surface area contributed by atoms with Gasteiger partial charge < -0.3 is 34.3 Å². The number of hydrogen-bond acceptors (Lipinski definition) is 8. The van der Waals surface area contributed by atoms with E-state index in [4.69, 9.17) is 23.7 Å². The highest BCUT2D eigenvalue weighted by atomic mass is 16.6. The van der Waals surface area contributed by atoms with Crippen LogP contribution in [0.2, 0.25) is 0 Å². The van der Waals surface area contributed by atoms with Gasteiger partial charge >= 0.3 is 18.2 Å². The summed E-state index contributed by atoms with van der Waals surface area (Å²) in [6.07, 6.45) is 30.9.